The Labute approximate surface area is 136 Å². The minimum atomic E-state index is -0.243. The molecule has 126 valence electrons. The number of carbonyl (C=O) groups is 1. The lowest BCUT2D eigenvalue weighted by atomic mass is 10.1. The Morgan fingerprint density at radius 1 is 1.26 bits per heavy atom. The Hall–Kier alpha value is -1.82. The van der Waals surface area contributed by atoms with E-state index in [-0.39, 0.29) is 23.7 Å². The van der Waals surface area contributed by atoms with Crippen molar-refractivity contribution in [2.75, 3.05) is 19.7 Å². The molecular weight excluding hydrogens is 296 g/mol. The molecule has 1 atom stereocenters. The second-order valence-electron chi connectivity index (χ2n) is 6.37. The van der Waals surface area contributed by atoms with Crippen LogP contribution in [-0.2, 0) is 16.6 Å². The van der Waals surface area contributed by atoms with Gasteiger partial charge in [-0.25, -0.2) is 0 Å². The molecule has 3 rings (SSSR count). The number of rotatable bonds is 3. The van der Waals surface area contributed by atoms with Crippen molar-refractivity contribution < 1.29 is 14.3 Å². The van der Waals surface area contributed by atoms with Crippen molar-refractivity contribution in [2.24, 2.45) is 7.05 Å². The largest absolute Gasteiger partial charge is 0.490 e. The zero-order valence-corrected chi connectivity index (χ0v) is 13.8. The molecule has 0 saturated carbocycles. The van der Waals surface area contributed by atoms with Crippen LogP contribution in [-0.4, -0.2) is 47.3 Å². The lowest BCUT2D eigenvalue weighted by Gasteiger charge is -2.33. The molecule has 1 amide bonds. The maximum absolute atomic E-state index is 12.3. The molecule has 0 aliphatic carbocycles. The molecule has 1 aromatic rings. The van der Waals surface area contributed by atoms with Crippen LogP contribution in [0.1, 0.15) is 31.4 Å². The van der Waals surface area contributed by atoms with E-state index >= 15 is 0 Å². The Kier molecular flexibility index (Phi) is 4.71. The number of hydrogen-bond acceptors (Lipinski definition) is 4. The van der Waals surface area contributed by atoms with Gasteiger partial charge in [-0.2, -0.15) is 0 Å². The van der Waals surface area contributed by atoms with Gasteiger partial charge in [0.2, 0.25) is 0 Å². The average Bonchev–Trinajstić information content (AvgIpc) is 3.07. The number of nitrogens with zero attached hydrogens (tertiary/aromatic N) is 2. The van der Waals surface area contributed by atoms with Crippen molar-refractivity contribution >= 4 is 5.91 Å². The first-order chi connectivity index (χ1) is 11.0. The maximum atomic E-state index is 12.3. The Balaban J connectivity index is 1.55. The van der Waals surface area contributed by atoms with Gasteiger partial charge in [0.15, 0.2) is 0 Å². The van der Waals surface area contributed by atoms with Crippen LogP contribution < -0.4 is 10.3 Å². The molecule has 0 N–H and O–H groups in total. The zero-order chi connectivity index (χ0) is 16.4. The van der Waals surface area contributed by atoms with Crippen molar-refractivity contribution in [3.05, 3.63) is 28.2 Å². The van der Waals surface area contributed by atoms with Crippen molar-refractivity contribution in [3.8, 4) is 5.75 Å². The molecule has 0 bridgehead atoms. The Bertz CT molecular complexity index is 626. The highest BCUT2D eigenvalue weighted by Crippen LogP contribution is 2.21. The van der Waals surface area contributed by atoms with E-state index in [4.69, 9.17) is 9.47 Å². The van der Waals surface area contributed by atoms with Gasteiger partial charge in [0.25, 0.3) is 11.5 Å². The SMILES string of the molecule is Cc1cc(OC2CCN(C(=O)C3CCCO3)CC2)cc(=O)n1C. The van der Waals surface area contributed by atoms with Crippen LogP contribution in [0.15, 0.2) is 16.9 Å². The highest BCUT2D eigenvalue weighted by atomic mass is 16.5. The fourth-order valence-electron chi connectivity index (χ4n) is 3.17. The van der Waals surface area contributed by atoms with Crippen LogP contribution in [0.5, 0.6) is 5.75 Å². The second-order valence-corrected chi connectivity index (χ2v) is 6.37. The summed E-state index contributed by atoms with van der Waals surface area (Å²) in [6.07, 6.45) is 3.18. The first-order valence-corrected chi connectivity index (χ1v) is 8.29. The molecule has 0 radical (unpaired) electrons. The van der Waals surface area contributed by atoms with Gasteiger partial charge in [-0.1, -0.05) is 0 Å². The number of aryl methyl sites for hydroxylation is 1. The van der Waals surface area contributed by atoms with E-state index in [1.165, 1.54) is 6.07 Å². The van der Waals surface area contributed by atoms with Crippen LogP contribution in [0.25, 0.3) is 0 Å². The maximum Gasteiger partial charge on any atom is 0.254 e. The third kappa shape index (κ3) is 3.58. The lowest BCUT2D eigenvalue weighted by Crippen LogP contribution is -2.45. The van der Waals surface area contributed by atoms with Gasteiger partial charge < -0.3 is 18.9 Å². The summed E-state index contributed by atoms with van der Waals surface area (Å²) in [5, 5.41) is 0. The van der Waals surface area contributed by atoms with Crippen LogP contribution >= 0.6 is 0 Å². The number of hydrogen-bond donors (Lipinski definition) is 0. The molecule has 2 aliphatic heterocycles. The van der Waals surface area contributed by atoms with Crippen molar-refractivity contribution in [3.63, 3.8) is 0 Å². The third-order valence-corrected chi connectivity index (χ3v) is 4.74. The van der Waals surface area contributed by atoms with Gasteiger partial charge in [-0.05, 0) is 25.8 Å². The van der Waals surface area contributed by atoms with E-state index < -0.39 is 0 Å². The van der Waals surface area contributed by atoms with E-state index in [1.807, 2.05) is 17.9 Å². The standard InChI is InChI=1S/C17H24N2O4/c1-12-10-14(11-16(20)18(12)2)23-13-5-7-19(8-6-13)17(21)15-4-3-9-22-15/h10-11,13,15H,3-9H2,1-2H3. The van der Waals surface area contributed by atoms with E-state index in [9.17, 15) is 9.59 Å². The summed E-state index contributed by atoms with van der Waals surface area (Å²) in [4.78, 5) is 26.0. The number of amides is 1. The van der Waals surface area contributed by atoms with Crippen LogP contribution in [0, 0.1) is 6.92 Å². The van der Waals surface area contributed by atoms with E-state index in [2.05, 4.69) is 0 Å². The quantitative estimate of drug-likeness (QED) is 0.841. The number of carbonyl (C=O) groups excluding carboxylic acids is 1. The van der Waals surface area contributed by atoms with Gasteiger partial charge in [0, 0.05) is 51.3 Å². The summed E-state index contributed by atoms with van der Waals surface area (Å²) in [5.41, 5.74) is 0.810. The Morgan fingerprint density at radius 2 is 2.00 bits per heavy atom. The summed E-state index contributed by atoms with van der Waals surface area (Å²) in [5.74, 6) is 0.736. The fraction of sp³-hybridized carbons (Fsp3) is 0.647. The highest BCUT2D eigenvalue weighted by Gasteiger charge is 2.31. The van der Waals surface area contributed by atoms with Gasteiger partial charge >= 0.3 is 0 Å². The summed E-state index contributed by atoms with van der Waals surface area (Å²) in [6.45, 7) is 3.95. The van der Waals surface area contributed by atoms with Gasteiger partial charge in [0.1, 0.15) is 18.0 Å². The summed E-state index contributed by atoms with van der Waals surface area (Å²) in [7, 11) is 1.75. The van der Waals surface area contributed by atoms with Gasteiger partial charge in [-0.15, -0.1) is 0 Å². The number of likely N-dealkylation sites (tertiary alicyclic amines) is 1. The predicted molar refractivity (Wildman–Crippen MR) is 85.6 cm³/mol. The highest BCUT2D eigenvalue weighted by molar-refractivity contribution is 5.81. The predicted octanol–water partition coefficient (Wildman–Crippen LogP) is 1.24. The van der Waals surface area contributed by atoms with Gasteiger partial charge in [-0.3, -0.25) is 9.59 Å². The van der Waals surface area contributed by atoms with E-state index in [1.54, 1.807) is 11.6 Å². The molecule has 23 heavy (non-hydrogen) atoms. The molecule has 1 aromatic heterocycles. The first-order valence-electron chi connectivity index (χ1n) is 8.29. The molecule has 6 nitrogen and oxygen atoms in total. The monoisotopic (exact) mass is 320 g/mol. The Morgan fingerprint density at radius 3 is 2.61 bits per heavy atom. The summed E-state index contributed by atoms with van der Waals surface area (Å²) < 4.78 is 13.0. The number of ether oxygens (including phenoxy) is 2. The molecule has 3 heterocycles. The molecule has 2 fully saturated rings. The topological polar surface area (TPSA) is 60.8 Å². The molecule has 0 spiro atoms. The molecular formula is C17H24N2O4. The molecule has 1 unspecified atom stereocenters. The summed E-state index contributed by atoms with van der Waals surface area (Å²) >= 11 is 0. The minimum Gasteiger partial charge on any atom is -0.490 e. The molecule has 2 saturated heterocycles. The van der Waals surface area contributed by atoms with Crippen LogP contribution in [0.2, 0.25) is 0 Å². The number of aromatic nitrogens is 1. The zero-order valence-electron chi connectivity index (χ0n) is 13.8. The van der Waals surface area contributed by atoms with Gasteiger partial charge in [0.05, 0.1) is 0 Å². The van der Waals surface area contributed by atoms with Crippen LogP contribution in [0.3, 0.4) is 0 Å². The van der Waals surface area contributed by atoms with Crippen molar-refractivity contribution in [2.45, 2.75) is 44.8 Å². The van der Waals surface area contributed by atoms with E-state index in [0.29, 0.717) is 25.4 Å². The normalized spacial score (nSPS) is 22.3. The summed E-state index contributed by atoms with van der Waals surface area (Å²) in [6, 6.07) is 3.40. The third-order valence-electron chi connectivity index (χ3n) is 4.74. The minimum absolute atomic E-state index is 0.0510. The van der Waals surface area contributed by atoms with E-state index in [0.717, 1.165) is 31.4 Å². The molecule has 6 heteroatoms. The van der Waals surface area contributed by atoms with Crippen LogP contribution in [0.4, 0.5) is 0 Å². The van der Waals surface area contributed by atoms with Crippen molar-refractivity contribution in [1.29, 1.82) is 0 Å². The second kappa shape index (κ2) is 6.74. The lowest BCUT2D eigenvalue weighted by molar-refractivity contribution is -0.142. The fourth-order valence-corrected chi connectivity index (χ4v) is 3.17. The number of piperidine rings is 1. The molecule has 0 aromatic carbocycles. The smallest absolute Gasteiger partial charge is 0.254 e. The average molecular weight is 320 g/mol. The molecule has 2 aliphatic rings. The van der Waals surface area contributed by atoms with Crippen molar-refractivity contribution in [1.82, 2.24) is 9.47 Å². The first kappa shape index (κ1) is 16.1. The number of pyridine rings is 1.